The molecule has 1 N–H and O–H groups in total. The topological polar surface area (TPSA) is 80.4 Å². The van der Waals surface area contributed by atoms with E-state index in [9.17, 15) is 14.9 Å². The van der Waals surface area contributed by atoms with Crippen LogP contribution in [0.2, 0.25) is 0 Å². The molecular weight excluding hydrogens is 222 g/mol. The number of nitro groups is 1. The summed E-state index contributed by atoms with van der Waals surface area (Å²) in [6.45, 7) is 1.88. The Hall–Kier alpha value is -2.17. The van der Waals surface area contributed by atoms with Crippen LogP contribution in [0.1, 0.15) is 25.3 Å². The first-order chi connectivity index (χ1) is 8.04. The first-order valence-electron chi connectivity index (χ1n) is 5.23. The van der Waals surface area contributed by atoms with Crippen molar-refractivity contribution in [2.45, 2.75) is 19.8 Å². The third-order valence-electron chi connectivity index (χ3n) is 2.22. The smallest absolute Gasteiger partial charge is 0.331 e. The molecule has 0 atom stereocenters. The number of nitro benzene ring substituents is 1. The molecule has 0 aliphatic heterocycles. The predicted octanol–water partition coefficient (Wildman–Crippen LogP) is 2.86. The van der Waals surface area contributed by atoms with E-state index in [-0.39, 0.29) is 11.3 Å². The van der Waals surface area contributed by atoms with Crippen molar-refractivity contribution in [3.63, 3.8) is 0 Å². The minimum Gasteiger partial charge on any atom is -0.478 e. The number of carboxylic acid groups (broad SMARTS) is 1. The zero-order valence-corrected chi connectivity index (χ0v) is 9.42. The fourth-order valence-corrected chi connectivity index (χ4v) is 1.44. The van der Waals surface area contributed by atoms with Gasteiger partial charge in [-0.2, -0.15) is 0 Å². The second-order valence-electron chi connectivity index (χ2n) is 3.58. The van der Waals surface area contributed by atoms with Crippen molar-refractivity contribution in [3.05, 3.63) is 45.5 Å². The fraction of sp³-hybridized carbons (Fsp3) is 0.250. The van der Waals surface area contributed by atoms with Crippen molar-refractivity contribution in [2.75, 3.05) is 0 Å². The molecule has 1 aromatic rings. The van der Waals surface area contributed by atoms with Crippen molar-refractivity contribution in [1.82, 2.24) is 0 Å². The Morgan fingerprint density at radius 2 is 2.24 bits per heavy atom. The standard InChI is InChI=1S/C12H13NO4/c1-2-4-10(12(14)15)7-9-5-3-6-11(8-9)13(16)17/h3,5-8H,2,4H2,1H3,(H,14,15)/b10-7-. The summed E-state index contributed by atoms with van der Waals surface area (Å²) < 4.78 is 0. The summed E-state index contributed by atoms with van der Waals surface area (Å²) in [7, 11) is 0. The van der Waals surface area contributed by atoms with E-state index in [2.05, 4.69) is 0 Å². The Kier molecular flexibility index (Phi) is 4.39. The number of hydrogen-bond donors (Lipinski definition) is 1. The molecule has 1 rings (SSSR count). The number of aliphatic carboxylic acids is 1. The molecule has 0 bridgehead atoms. The highest BCUT2D eigenvalue weighted by molar-refractivity contribution is 5.92. The molecule has 1 aromatic carbocycles. The summed E-state index contributed by atoms with van der Waals surface area (Å²) >= 11 is 0. The van der Waals surface area contributed by atoms with Crippen LogP contribution in [-0.4, -0.2) is 16.0 Å². The van der Waals surface area contributed by atoms with Crippen LogP contribution in [0.5, 0.6) is 0 Å². The minimum absolute atomic E-state index is 0.0417. The van der Waals surface area contributed by atoms with Gasteiger partial charge in [0.05, 0.1) is 4.92 Å². The van der Waals surface area contributed by atoms with Gasteiger partial charge in [0.15, 0.2) is 0 Å². The van der Waals surface area contributed by atoms with Crippen molar-refractivity contribution in [2.24, 2.45) is 0 Å². The van der Waals surface area contributed by atoms with Crippen LogP contribution in [0.4, 0.5) is 5.69 Å². The quantitative estimate of drug-likeness (QED) is 0.483. The number of hydrogen-bond acceptors (Lipinski definition) is 3. The molecule has 0 aromatic heterocycles. The average molecular weight is 235 g/mol. The third-order valence-corrected chi connectivity index (χ3v) is 2.22. The Balaban J connectivity index is 3.06. The Morgan fingerprint density at radius 3 is 2.76 bits per heavy atom. The zero-order chi connectivity index (χ0) is 12.8. The summed E-state index contributed by atoms with van der Waals surface area (Å²) in [5, 5.41) is 19.5. The lowest BCUT2D eigenvalue weighted by Crippen LogP contribution is -2.00. The van der Waals surface area contributed by atoms with Gasteiger partial charge in [-0.1, -0.05) is 25.5 Å². The maximum absolute atomic E-state index is 10.9. The van der Waals surface area contributed by atoms with Gasteiger partial charge in [-0.25, -0.2) is 4.79 Å². The lowest BCUT2D eigenvalue weighted by atomic mass is 10.1. The lowest BCUT2D eigenvalue weighted by Gasteiger charge is -2.00. The van der Waals surface area contributed by atoms with Crippen LogP contribution >= 0.6 is 0 Å². The van der Waals surface area contributed by atoms with Gasteiger partial charge < -0.3 is 5.11 Å². The minimum atomic E-state index is -0.988. The maximum Gasteiger partial charge on any atom is 0.331 e. The summed E-state index contributed by atoms with van der Waals surface area (Å²) in [6, 6.07) is 5.91. The Labute approximate surface area is 98.5 Å². The zero-order valence-electron chi connectivity index (χ0n) is 9.42. The maximum atomic E-state index is 10.9. The number of benzene rings is 1. The van der Waals surface area contributed by atoms with Gasteiger partial charge in [0, 0.05) is 17.7 Å². The van der Waals surface area contributed by atoms with E-state index in [0.717, 1.165) is 0 Å². The lowest BCUT2D eigenvalue weighted by molar-refractivity contribution is -0.384. The first-order valence-corrected chi connectivity index (χ1v) is 5.23. The molecule has 5 heteroatoms. The fourth-order valence-electron chi connectivity index (χ4n) is 1.44. The molecule has 0 unspecified atom stereocenters. The van der Waals surface area contributed by atoms with Crippen molar-refractivity contribution < 1.29 is 14.8 Å². The van der Waals surface area contributed by atoms with Crippen LogP contribution in [-0.2, 0) is 4.79 Å². The molecule has 0 spiro atoms. The molecule has 0 aliphatic rings. The third kappa shape index (κ3) is 3.71. The molecule has 17 heavy (non-hydrogen) atoms. The summed E-state index contributed by atoms with van der Waals surface area (Å²) in [5.41, 5.74) is 0.748. The van der Waals surface area contributed by atoms with Gasteiger partial charge >= 0.3 is 5.97 Å². The van der Waals surface area contributed by atoms with Crippen molar-refractivity contribution in [3.8, 4) is 0 Å². The molecular formula is C12H13NO4. The molecule has 5 nitrogen and oxygen atoms in total. The Bertz CT molecular complexity index is 465. The van der Waals surface area contributed by atoms with E-state index < -0.39 is 10.9 Å². The van der Waals surface area contributed by atoms with Gasteiger partial charge in [0.25, 0.3) is 5.69 Å². The molecule has 0 amide bonds. The molecule has 0 saturated heterocycles. The largest absolute Gasteiger partial charge is 0.478 e. The number of carboxylic acids is 1. The summed E-state index contributed by atoms with van der Waals surface area (Å²) in [4.78, 5) is 21.0. The van der Waals surface area contributed by atoms with E-state index in [4.69, 9.17) is 5.11 Å². The highest BCUT2D eigenvalue weighted by Crippen LogP contribution is 2.17. The van der Waals surface area contributed by atoms with Gasteiger partial charge in [-0.05, 0) is 18.1 Å². The summed E-state index contributed by atoms with van der Waals surface area (Å²) in [6.07, 6.45) is 2.63. The monoisotopic (exact) mass is 235 g/mol. The molecule has 0 heterocycles. The number of nitrogens with zero attached hydrogens (tertiary/aromatic N) is 1. The molecule has 0 radical (unpaired) electrons. The summed E-state index contributed by atoms with van der Waals surface area (Å²) in [5.74, 6) is -0.988. The number of rotatable bonds is 5. The second-order valence-corrected chi connectivity index (χ2v) is 3.58. The number of carbonyl (C=O) groups is 1. The second kappa shape index (κ2) is 5.79. The van der Waals surface area contributed by atoms with E-state index in [1.807, 2.05) is 6.92 Å². The van der Waals surface area contributed by atoms with Gasteiger partial charge in [0.1, 0.15) is 0 Å². The highest BCUT2D eigenvalue weighted by atomic mass is 16.6. The number of non-ortho nitro benzene ring substituents is 1. The van der Waals surface area contributed by atoms with Gasteiger partial charge in [-0.15, -0.1) is 0 Å². The van der Waals surface area contributed by atoms with Crippen LogP contribution in [0.25, 0.3) is 6.08 Å². The average Bonchev–Trinajstić information content (AvgIpc) is 2.28. The van der Waals surface area contributed by atoms with Crippen LogP contribution in [0, 0.1) is 10.1 Å². The van der Waals surface area contributed by atoms with Crippen LogP contribution < -0.4 is 0 Å². The Morgan fingerprint density at radius 1 is 1.53 bits per heavy atom. The van der Waals surface area contributed by atoms with Crippen molar-refractivity contribution >= 4 is 17.7 Å². The SMILES string of the molecule is CCC/C(=C/c1cccc([N+](=O)[O-])c1)C(=O)O. The normalized spacial score (nSPS) is 11.2. The van der Waals surface area contributed by atoms with Crippen LogP contribution in [0.15, 0.2) is 29.8 Å². The van der Waals surface area contributed by atoms with E-state index in [0.29, 0.717) is 18.4 Å². The van der Waals surface area contributed by atoms with E-state index in [1.165, 1.54) is 24.3 Å². The highest BCUT2D eigenvalue weighted by Gasteiger charge is 2.08. The first kappa shape index (κ1) is 12.9. The van der Waals surface area contributed by atoms with Crippen LogP contribution in [0.3, 0.4) is 0 Å². The predicted molar refractivity (Wildman–Crippen MR) is 63.6 cm³/mol. The van der Waals surface area contributed by atoms with E-state index >= 15 is 0 Å². The molecule has 0 saturated carbocycles. The van der Waals surface area contributed by atoms with Gasteiger partial charge in [-0.3, -0.25) is 10.1 Å². The molecule has 0 fully saturated rings. The van der Waals surface area contributed by atoms with E-state index in [1.54, 1.807) is 6.07 Å². The van der Waals surface area contributed by atoms with Crippen molar-refractivity contribution in [1.29, 1.82) is 0 Å². The van der Waals surface area contributed by atoms with Gasteiger partial charge in [0.2, 0.25) is 0 Å². The molecule has 0 aliphatic carbocycles. The molecule has 90 valence electrons.